The SMILES string of the molecule is CC(C)[C@H]1NC(=O)[C@@H](NC(=O)Cc2ccc(S(C)(=O)=O)cc2)Cc2ccc(cc2)OCCNC(=O)Cn2nc(-c3ccccc3)nc2[C@H](C)NC1=O. The molecule has 3 atom stereocenters. The first-order valence-electron chi connectivity index (χ1n) is 16.9. The van der Waals surface area contributed by atoms with Gasteiger partial charge in [-0.05, 0) is 48.2 Å². The van der Waals surface area contributed by atoms with Crippen LogP contribution in [0.4, 0.5) is 0 Å². The van der Waals surface area contributed by atoms with Crippen LogP contribution >= 0.6 is 0 Å². The minimum absolute atomic E-state index is 0.103. The van der Waals surface area contributed by atoms with Gasteiger partial charge in [0, 0.05) is 18.2 Å². The van der Waals surface area contributed by atoms with Gasteiger partial charge in [0.05, 0.1) is 23.9 Å². The highest BCUT2D eigenvalue weighted by Crippen LogP contribution is 2.20. The molecule has 0 radical (unpaired) electrons. The minimum atomic E-state index is -3.40. The Morgan fingerprint density at radius 3 is 2.31 bits per heavy atom. The second-order valence-electron chi connectivity index (χ2n) is 13.0. The Hall–Kier alpha value is -5.57. The molecular weight excluding hydrogens is 687 g/mol. The van der Waals surface area contributed by atoms with Crippen LogP contribution in [0.1, 0.15) is 43.8 Å². The van der Waals surface area contributed by atoms with Gasteiger partial charge in [-0.25, -0.2) is 18.1 Å². The van der Waals surface area contributed by atoms with Crippen molar-refractivity contribution in [3.05, 3.63) is 95.8 Å². The predicted octanol–water partition coefficient (Wildman–Crippen LogP) is 2.15. The summed E-state index contributed by atoms with van der Waals surface area (Å²) in [5, 5.41) is 16.0. The molecule has 4 aromatic rings. The Kier molecular flexibility index (Phi) is 12.1. The van der Waals surface area contributed by atoms with Crippen LogP contribution in [0.2, 0.25) is 0 Å². The molecular formula is C37H43N7O7S. The molecule has 2 aliphatic heterocycles. The summed E-state index contributed by atoms with van der Waals surface area (Å²) in [5.74, 6) is -0.902. The Morgan fingerprint density at radius 1 is 0.962 bits per heavy atom. The molecule has 0 unspecified atom stereocenters. The van der Waals surface area contributed by atoms with E-state index >= 15 is 0 Å². The van der Waals surface area contributed by atoms with Crippen molar-refractivity contribution < 1.29 is 32.3 Å². The van der Waals surface area contributed by atoms with Crippen LogP contribution in [0, 0.1) is 5.92 Å². The molecule has 6 rings (SSSR count). The molecule has 0 saturated heterocycles. The van der Waals surface area contributed by atoms with Crippen molar-refractivity contribution in [2.75, 3.05) is 19.4 Å². The van der Waals surface area contributed by atoms with Crippen molar-refractivity contribution in [2.24, 2.45) is 5.92 Å². The molecule has 3 heterocycles. The summed E-state index contributed by atoms with van der Waals surface area (Å²) < 4.78 is 31.0. The van der Waals surface area contributed by atoms with Gasteiger partial charge in [0.15, 0.2) is 15.7 Å². The highest BCUT2D eigenvalue weighted by atomic mass is 32.2. The Balaban J connectivity index is 1.41. The number of rotatable bonds is 6. The van der Waals surface area contributed by atoms with Gasteiger partial charge in [0.1, 0.15) is 36.8 Å². The quantitative estimate of drug-likeness (QED) is 0.230. The zero-order chi connectivity index (χ0) is 37.4. The summed E-state index contributed by atoms with van der Waals surface area (Å²) in [6.45, 7) is 5.57. The average Bonchev–Trinajstić information content (AvgIpc) is 3.52. The molecule has 2 aliphatic rings. The van der Waals surface area contributed by atoms with Crippen molar-refractivity contribution in [3.8, 4) is 17.1 Å². The van der Waals surface area contributed by atoms with Crippen LogP contribution in [-0.4, -0.2) is 78.3 Å². The summed E-state index contributed by atoms with van der Waals surface area (Å²) in [7, 11) is -3.40. The Labute approximate surface area is 302 Å². The summed E-state index contributed by atoms with van der Waals surface area (Å²) >= 11 is 0. The fraction of sp³-hybridized carbons (Fsp3) is 0.351. The topological polar surface area (TPSA) is 190 Å². The third-order valence-electron chi connectivity index (χ3n) is 8.44. The first-order valence-corrected chi connectivity index (χ1v) is 18.8. The second kappa shape index (κ2) is 16.6. The molecule has 52 heavy (non-hydrogen) atoms. The molecule has 0 saturated carbocycles. The maximum Gasteiger partial charge on any atom is 0.243 e. The zero-order valence-electron chi connectivity index (χ0n) is 29.5. The fourth-order valence-corrected chi connectivity index (χ4v) is 6.29. The van der Waals surface area contributed by atoms with Gasteiger partial charge in [-0.2, -0.15) is 5.10 Å². The number of amides is 4. The van der Waals surface area contributed by atoms with Crippen LogP contribution in [0.25, 0.3) is 11.4 Å². The van der Waals surface area contributed by atoms with E-state index < -0.39 is 45.7 Å². The average molecular weight is 730 g/mol. The predicted molar refractivity (Wildman–Crippen MR) is 193 cm³/mol. The van der Waals surface area contributed by atoms with Crippen LogP contribution in [-0.2, 0) is 48.4 Å². The lowest BCUT2D eigenvalue weighted by atomic mass is 10.00. The van der Waals surface area contributed by atoms with E-state index in [-0.39, 0.29) is 49.3 Å². The molecule has 0 aliphatic carbocycles. The van der Waals surface area contributed by atoms with Gasteiger partial charge in [0.2, 0.25) is 23.6 Å². The molecule has 0 spiro atoms. The number of nitrogens with zero attached hydrogens (tertiary/aromatic N) is 3. The molecule has 4 amide bonds. The number of fused-ring (bicyclic) bond motifs is 14. The smallest absolute Gasteiger partial charge is 0.243 e. The molecule has 1 aromatic heterocycles. The van der Waals surface area contributed by atoms with Crippen molar-refractivity contribution in [1.29, 1.82) is 0 Å². The van der Waals surface area contributed by atoms with E-state index in [2.05, 4.69) is 31.3 Å². The van der Waals surface area contributed by atoms with Gasteiger partial charge in [-0.15, -0.1) is 0 Å². The summed E-state index contributed by atoms with van der Waals surface area (Å²) in [6, 6.07) is 19.5. The van der Waals surface area contributed by atoms with Gasteiger partial charge in [-0.1, -0.05) is 68.4 Å². The number of hydrogen-bond donors (Lipinski definition) is 4. The van der Waals surface area contributed by atoms with E-state index in [0.29, 0.717) is 23.0 Å². The van der Waals surface area contributed by atoms with Crippen molar-refractivity contribution in [3.63, 3.8) is 0 Å². The lowest BCUT2D eigenvalue weighted by Crippen LogP contribution is -2.56. The van der Waals surface area contributed by atoms with Crippen molar-refractivity contribution in [1.82, 2.24) is 36.0 Å². The van der Waals surface area contributed by atoms with Crippen LogP contribution in [0.15, 0.2) is 83.8 Å². The van der Waals surface area contributed by atoms with E-state index in [1.54, 1.807) is 57.2 Å². The maximum absolute atomic E-state index is 13.9. The second-order valence-corrected chi connectivity index (χ2v) is 15.1. The van der Waals surface area contributed by atoms with Crippen LogP contribution < -0.4 is 26.0 Å². The largest absolute Gasteiger partial charge is 0.492 e. The molecule has 0 fully saturated rings. The van der Waals surface area contributed by atoms with Crippen LogP contribution in [0.5, 0.6) is 5.75 Å². The van der Waals surface area contributed by atoms with Crippen molar-refractivity contribution >= 4 is 33.5 Å². The highest BCUT2D eigenvalue weighted by Gasteiger charge is 2.31. The van der Waals surface area contributed by atoms with Gasteiger partial charge >= 0.3 is 0 Å². The summed E-state index contributed by atoms with van der Waals surface area (Å²) in [4.78, 5) is 58.7. The number of hydrogen-bond acceptors (Lipinski definition) is 9. The molecule has 274 valence electrons. The summed E-state index contributed by atoms with van der Waals surface area (Å²) in [5.41, 5.74) is 2.02. The number of nitrogens with one attached hydrogen (secondary N) is 4. The molecule has 2 bridgehead atoms. The Morgan fingerprint density at radius 2 is 1.65 bits per heavy atom. The monoisotopic (exact) mass is 729 g/mol. The van der Waals surface area contributed by atoms with Gasteiger partial charge in [0.25, 0.3) is 0 Å². The Bertz CT molecular complexity index is 2000. The first kappa shape index (κ1) is 37.7. The van der Waals surface area contributed by atoms with Gasteiger partial charge < -0.3 is 26.0 Å². The molecule has 4 N–H and O–H groups in total. The number of aromatic nitrogens is 3. The normalized spacial score (nSPS) is 19.1. The molecule has 15 heteroatoms. The number of carbonyl (C=O) groups is 4. The first-order chi connectivity index (χ1) is 24.8. The number of carbonyl (C=O) groups excluding carboxylic acids is 4. The zero-order valence-corrected chi connectivity index (χ0v) is 30.3. The third-order valence-corrected chi connectivity index (χ3v) is 9.57. The third kappa shape index (κ3) is 10.0. The van der Waals surface area contributed by atoms with E-state index in [9.17, 15) is 27.6 Å². The molecule has 14 nitrogen and oxygen atoms in total. The highest BCUT2D eigenvalue weighted by molar-refractivity contribution is 7.90. The molecule has 3 aromatic carbocycles. The van der Waals surface area contributed by atoms with E-state index in [4.69, 9.17) is 4.74 Å². The number of ether oxygens (including phenoxy) is 1. The van der Waals surface area contributed by atoms with Crippen LogP contribution in [0.3, 0.4) is 0 Å². The van der Waals surface area contributed by atoms with Crippen molar-refractivity contribution in [2.45, 2.75) is 63.2 Å². The maximum atomic E-state index is 13.9. The van der Waals surface area contributed by atoms with E-state index in [1.165, 1.54) is 16.8 Å². The van der Waals surface area contributed by atoms with E-state index in [0.717, 1.165) is 17.4 Å². The minimum Gasteiger partial charge on any atom is -0.492 e. The van der Waals surface area contributed by atoms with E-state index in [1.807, 2.05) is 30.3 Å². The summed E-state index contributed by atoms with van der Waals surface area (Å²) in [6.07, 6.45) is 1.11. The number of benzene rings is 3. The lowest BCUT2D eigenvalue weighted by Gasteiger charge is -2.27. The lowest BCUT2D eigenvalue weighted by molar-refractivity contribution is -0.133. The fourth-order valence-electron chi connectivity index (χ4n) is 5.66. The standard InChI is InChI=1S/C37H43N7O7S/c1-23(2)33-37(48)39-24(3)35-42-34(27-8-6-5-7-9-27)43-44(35)22-32(46)38-18-19-51-28-14-10-25(11-15-28)20-30(36(47)41-33)40-31(45)21-26-12-16-29(17-13-26)52(4,49)50/h5-17,23-24,30,33H,18-22H2,1-4H3,(H,38,46)(H,39,48)(H,40,45)(H,41,47)/t24-,30-,33+/m0/s1. The van der Waals surface area contributed by atoms with Gasteiger partial charge in [-0.3, -0.25) is 19.2 Å². The number of sulfone groups is 1.